The van der Waals surface area contributed by atoms with E-state index in [1.807, 2.05) is 37.3 Å². The van der Waals surface area contributed by atoms with E-state index in [0.29, 0.717) is 23.7 Å². The highest BCUT2D eigenvalue weighted by Crippen LogP contribution is 2.27. The lowest BCUT2D eigenvalue weighted by Gasteiger charge is -2.17. The molecule has 0 aliphatic carbocycles. The Labute approximate surface area is 152 Å². The first kappa shape index (κ1) is 17.5. The summed E-state index contributed by atoms with van der Waals surface area (Å²) in [5, 5.41) is 3.39. The number of hydrogen-bond acceptors (Lipinski definition) is 2. The van der Waals surface area contributed by atoms with Crippen LogP contribution < -0.4 is 10.2 Å². The van der Waals surface area contributed by atoms with Gasteiger partial charge in [-0.05, 0) is 55.2 Å². The normalized spacial score (nSPS) is 17.0. The third kappa shape index (κ3) is 3.69. The highest BCUT2D eigenvalue weighted by Gasteiger charge is 2.37. The van der Waals surface area contributed by atoms with Crippen molar-refractivity contribution in [2.24, 2.45) is 5.92 Å². The van der Waals surface area contributed by atoms with Crippen LogP contribution in [0.5, 0.6) is 0 Å². The number of aryl methyl sites for hydroxylation is 2. The van der Waals surface area contributed by atoms with Crippen molar-refractivity contribution in [3.05, 3.63) is 58.6 Å². The third-order valence-corrected chi connectivity index (χ3v) is 4.87. The van der Waals surface area contributed by atoms with E-state index in [9.17, 15) is 9.59 Å². The molecular weight excluding hydrogens is 336 g/mol. The number of carbonyl (C=O) groups excluding carboxylic acids is 2. The average Bonchev–Trinajstić information content (AvgIpc) is 3.00. The zero-order chi connectivity index (χ0) is 18.0. The van der Waals surface area contributed by atoms with Gasteiger partial charge in [-0.15, -0.1) is 0 Å². The molecule has 130 valence electrons. The van der Waals surface area contributed by atoms with Crippen LogP contribution in [-0.4, -0.2) is 18.4 Å². The van der Waals surface area contributed by atoms with E-state index in [0.717, 1.165) is 17.7 Å². The van der Waals surface area contributed by atoms with Crippen LogP contribution in [0, 0.1) is 12.8 Å². The molecule has 0 aromatic heterocycles. The van der Waals surface area contributed by atoms with Crippen molar-refractivity contribution in [1.82, 2.24) is 0 Å². The van der Waals surface area contributed by atoms with Crippen LogP contribution in [-0.2, 0) is 16.0 Å². The van der Waals surface area contributed by atoms with Crippen LogP contribution in [0.4, 0.5) is 11.4 Å². The first-order valence-corrected chi connectivity index (χ1v) is 8.84. The molecule has 0 bridgehead atoms. The summed E-state index contributed by atoms with van der Waals surface area (Å²) in [6.07, 6.45) is 1.47. The van der Waals surface area contributed by atoms with Gasteiger partial charge in [-0.2, -0.15) is 0 Å². The van der Waals surface area contributed by atoms with Crippen molar-refractivity contribution >= 4 is 34.8 Å². The molecule has 1 heterocycles. The number of nitrogens with zero attached hydrogens (tertiary/aromatic N) is 1. The lowest BCUT2D eigenvalue weighted by molar-refractivity contribution is -0.129. The number of amides is 2. The van der Waals surface area contributed by atoms with Crippen LogP contribution in [0.3, 0.4) is 0 Å². The van der Waals surface area contributed by atoms with Crippen molar-refractivity contribution < 1.29 is 9.59 Å². The van der Waals surface area contributed by atoms with Gasteiger partial charge in [-0.25, -0.2) is 0 Å². The summed E-state index contributed by atoms with van der Waals surface area (Å²) in [5.74, 6) is -1.09. The van der Waals surface area contributed by atoms with Gasteiger partial charge in [0.15, 0.2) is 0 Å². The molecule has 0 spiro atoms. The van der Waals surface area contributed by atoms with Gasteiger partial charge in [0, 0.05) is 22.9 Å². The van der Waals surface area contributed by atoms with E-state index in [-0.39, 0.29) is 11.8 Å². The number of carbonyl (C=O) groups is 2. The Hall–Kier alpha value is -2.33. The van der Waals surface area contributed by atoms with Crippen LogP contribution in [0.1, 0.15) is 24.5 Å². The van der Waals surface area contributed by atoms with Gasteiger partial charge < -0.3 is 10.2 Å². The van der Waals surface area contributed by atoms with Crippen molar-refractivity contribution in [3.63, 3.8) is 0 Å². The third-order valence-electron chi connectivity index (χ3n) is 4.64. The zero-order valence-corrected chi connectivity index (χ0v) is 15.1. The summed E-state index contributed by atoms with van der Waals surface area (Å²) >= 11 is 5.99. The van der Waals surface area contributed by atoms with E-state index in [4.69, 9.17) is 11.6 Å². The van der Waals surface area contributed by atoms with Gasteiger partial charge in [-0.3, -0.25) is 9.59 Å². The molecule has 2 aromatic carbocycles. The predicted molar refractivity (Wildman–Crippen MR) is 101 cm³/mol. The molecule has 1 aliphatic heterocycles. The van der Waals surface area contributed by atoms with E-state index in [1.54, 1.807) is 17.0 Å². The van der Waals surface area contributed by atoms with E-state index in [2.05, 4.69) is 12.2 Å². The molecule has 25 heavy (non-hydrogen) atoms. The summed E-state index contributed by atoms with van der Waals surface area (Å²) < 4.78 is 0. The molecule has 1 N–H and O–H groups in total. The summed E-state index contributed by atoms with van der Waals surface area (Å²) in [4.78, 5) is 26.9. The highest BCUT2D eigenvalue weighted by atomic mass is 35.5. The molecule has 4 nitrogen and oxygen atoms in total. The van der Waals surface area contributed by atoms with Gasteiger partial charge >= 0.3 is 0 Å². The fourth-order valence-corrected chi connectivity index (χ4v) is 3.21. The summed E-state index contributed by atoms with van der Waals surface area (Å²) in [7, 11) is 0. The van der Waals surface area contributed by atoms with Crippen LogP contribution >= 0.6 is 11.6 Å². The molecule has 0 saturated carbocycles. The number of nitrogens with one attached hydrogen (secondary N) is 1. The largest absolute Gasteiger partial charge is 0.325 e. The first-order valence-electron chi connectivity index (χ1n) is 8.47. The van der Waals surface area contributed by atoms with Gasteiger partial charge in [-0.1, -0.05) is 36.7 Å². The summed E-state index contributed by atoms with van der Waals surface area (Å²) in [6.45, 7) is 4.54. The van der Waals surface area contributed by atoms with E-state index < -0.39 is 5.92 Å². The molecule has 2 aromatic rings. The minimum Gasteiger partial charge on any atom is -0.325 e. The Bertz CT molecular complexity index is 802. The van der Waals surface area contributed by atoms with Crippen LogP contribution in [0.2, 0.25) is 5.02 Å². The first-order chi connectivity index (χ1) is 12.0. The van der Waals surface area contributed by atoms with Crippen molar-refractivity contribution in [2.75, 3.05) is 16.8 Å². The molecule has 1 fully saturated rings. The minimum absolute atomic E-state index is 0.151. The average molecular weight is 357 g/mol. The Kier molecular flexibility index (Phi) is 5.09. The molecule has 5 heteroatoms. The molecule has 0 unspecified atom stereocenters. The van der Waals surface area contributed by atoms with Gasteiger partial charge in [0.05, 0.1) is 0 Å². The second-order valence-corrected chi connectivity index (χ2v) is 6.74. The van der Waals surface area contributed by atoms with Gasteiger partial charge in [0.25, 0.3) is 0 Å². The maximum atomic E-state index is 12.7. The summed E-state index contributed by atoms with van der Waals surface area (Å²) in [5.41, 5.74) is 3.63. The van der Waals surface area contributed by atoms with Gasteiger partial charge in [0.1, 0.15) is 5.92 Å². The molecule has 3 rings (SSSR count). The lowest BCUT2D eigenvalue weighted by Crippen LogP contribution is -2.33. The summed E-state index contributed by atoms with van der Waals surface area (Å²) in [6, 6.07) is 13.2. The second kappa shape index (κ2) is 7.28. The van der Waals surface area contributed by atoms with Crippen molar-refractivity contribution in [1.29, 1.82) is 0 Å². The van der Waals surface area contributed by atoms with Gasteiger partial charge in [0.2, 0.25) is 11.8 Å². The maximum absolute atomic E-state index is 12.7. The molecule has 1 aliphatic rings. The van der Waals surface area contributed by atoms with Crippen LogP contribution in [0.15, 0.2) is 42.5 Å². The fourth-order valence-electron chi connectivity index (χ4n) is 3.04. The monoisotopic (exact) mass is 356 g/mol. The van der Waals surface area contributed by atoms with E-state index >= 15 is 0 Å². The fraction of sp³-hybridized carbons (Fsp3) is 0.300. The van der Waals surface area contributed by atoms with E-state index in [1.165, 1.54) is 5.56 Å². The quantitative estimate of drug-likeness (QED) is 0.834. The second-order valence-electron chi connectivity index (χ2n) is 6.30. The molecule has 1 saturated heterocycles. The molecule has 0 radical (unpaired) electrons. The highest BCUT2D eigenvalue weighted by molar-refractivity contribution is 6.31. The number of benzene rings is 2. The molecule has 1 atom stereocenters. The maximum Gasteiger partial charge on any atom is 0.239 e. The Morgan fingerprint density at radius 2 is 1.96 bits per heavy atom. The minimum atomic E-state index is -0.663. The smallest absolute Gasteiger partial charge is 0.239 e. The zero-order valence-electron chi connectivity index (χ0n) is 14.4. The van der Waals surface area contributed by atoms with Crippen LogP contribution in [0.25, 0.3) is 0 Å². The Balaban J connectivity index is 1.72. The molecule has 2 amide bonds. The number of rotatable bonds is 4. The Morgan fingerprint density at radius 3 is 2.64 bits per heavy atom. The molecular formula is C20H21ClN2O2. The predicted octanol–water partition coefficient (Wildman–Crippen LogP) is 4.20. The topological polar surface area (TPSA) is 49.4 Å². The van der Waals surface area contributed by atoms with Crippen molar-refractivity contribution in [2.45, 2.75) is 26.7 Å². The Morgan fingerprint density at radius 1 is 1.24 bits per heavy atom. The standard InChI is InChI=1S/C20H21ClN2O2/c1-3-14-5-8-16(9-6-14)23-11-10-17(20(23)25)19(24)22-18-12-15(21)7-4-13(18)2/h4-9,12,17H,3,10-11H2,1-2H3,(H,22,24)/t17-/m0/s1. The SMILES string of the molecule is CCc1ccc(N2CC[C@@H](C(=O)Nc3cc(Cl)ccc3C)C2=O)cc1. The lowest BCUT2D eigenvalue weighted by atomic mass is 10.1. The van der Waals surface area contributed by atoms with Crippen molar-refractivity contribution in [3.8, 4) is 0 Å². The number of anilines is 2. The number of halogens is 1. The number of hydrogen-bond donors (Lipinski definition) is 1.